The van der Waals surface area contributed by atoms with Gasteiger partial charge in [0.2, 0.25) is 0 Å². The molecule has 2 aliphatic rings. The fourth-order valence-corrected chi connectivity index (χ4v) is 5.43. The Morgan fingerprint density at radius 3 is 2.63 bits per heavy atom. The molecule has 2 heterocycles. The third kappa shape index (κ3) is 7.18. The number of halogens is 2. The summed E-state index contributed by atoms with van der Waals surface area (Å²) in [5, 5.41) is 20.7. The molecule has 2 aliphatic heterocycles. The number of carbonyl (C=O) groups excluding carboxylic acids is 3. The van der Waals surface area contributed by atoms with Crippen LogP contribution in [0.4, 0.5) is 24.1 Å². The molecule has 2 aromatic rings. The van der Waals surface area contributed by atoms with E-state index in [9.17, 15) is 33.3 Å². The molecule has 4 rings (SSSR count). The number of imide groups is 1. The Bertz CT molecular complexity index is 1410. The average molecular weight is 603 g/mol. The highest BCUT2D eigenvalue weighted by Crippen LogP contribution is 2.36. The van der Waals surface area contributed by atoms with E-state index in [1.807, 2.05) is 0 Å². The Labute approximate surface area is 245 Å². The zero-order valence-corrected chi connectivity index (χ0v) is 23.5. The lowest BCUT2D eigenvalue weighted by atomic mass is 9.86. The fraction of sp³-hybridized carbons (Fsp3) is 0.429. The van der Waals surface area contributed by atoms with E-state index in [2.05, 4.69) is 20.9 Å². The number of para-hydroxylation sites is 1. The summed E-state index contributed by atoms with van der Waals surface area (Å²) >= 11 is 0. The number of nitro groups is 1. The van der Waals surface area contributed by atoms with Crippen LogP contribution >= 0.6 is 0 Å². The molecule has 0 radical (unpaired) electrons. The van der Waals surface area contributed by atoms with Crippen molar-refractivity contribution in [1.29, 1.82) is 0 Å². The van der Waals surface area contributed by atoms with Gasteiger partial charge in [0.1, 0.15) is 5.92 Å². The number of rotatable bonds is 10. The van der Waals surface area contributed by atoms with Crippen LogP contribution in [-0.4, -0.2) is 80.1 Å². The molecule has 4 amide bonds. The molecule has 4 atom stereocenters. The molecule has 0 saturated carbocycles. The number of nitrogens with zero attached hydrogens (tertiary/aromatic N) is 3. The van der Waals surface area contributed by atoms with Gasteiger partial charge < -0.3 is 25.4 Å². The van der Waals surface area contributed by atoms with Crippen LogP contribution in [-0.2, 0) is 14.3 Å². The zero-order valence-electron chi connectivity index (χ0n) is 23.5. The van der Waals surface area contributed by atoms with Gasteiger partial charge in [-0.15, -0.1) is 0 Å². The average Bonchev–Trinajstić information content (AvgIpc) is 3.00. The first-order chi connectivity index (χ1) is 20.7. The second-order valence-corrected chi connectivity index (χ2v) is 10.0. The lowest BCUT2D eigenvalue weighted by molar-refractivity contribution is -0.385. The van der Waals surface area contributed by atoms with Crippen molar-refractivity contribution in [3.8, 4) is 0 Å². The molecule has 0 bridgehead atoms. The van der Waals surface area contributed by atoms with Gasteiger partial charge in [-0.05, 0) is 37.1 Å². The minimum absolute atomic E-state index is 0.0144. The maximum atomic E-state index is 14.2. The van der Waals surface area contributed by atoms with Gasteiger partial charge in [-0.25, -0.2) is 23.3 Å². The first kappa shape index (κ1) is 31.6. The molecule has 1 fully saturated rings. The number of nitrogens with one attached hydrogen (secondary N) is 3. The summed E-state index contributed by atoms with van der Waals surface area (Å²) in [6, 6.07) is 5.81. The Kier molecular flexibility index (Phi) is 10.4. The van der Waals surface area contributed by atoms with Gasteiger partial charge in [0, 0.05) is 43.9 Å². The van der Waals surface area contributed by atoms with E-state index in [0.29, 0.717) is 23.4 Å². The number of methoxy groups -OCH3 is 2. The predicted octanol–water partition coefficient (Wildman–Crippen LogP) is 3.02. The molecule has 43 heavy (non-hydrogen) atoms. The molecular weight excluding hydrogens is 570 g/mol. The fourth-order valence-electron chi connectivity index (χ4n) is 5.43. The van der Waals surface area contributed by atoms with Crippen molar-refractivity contribution < 1.29 is 37.6 Å². The normalized spacial score (nSPS) is 22.1. The Morgan fingerprint density at radius 1 is 1.16 bits per heavy atom. The van der Waals surface area contributed by atoms with Crippen LogP contribution in [0.15, 0.2) is 47.5 Å². The summed E-state index contributed by atoms with van der Waals surface area (Å²) in [5.74, 6) is -4.55. The lowest BCUT2D eigenvalue weighted by Crippen LogP contribution is -2.54. The summed E-state index contributed by atoms with van der Waals surface area (Å²) < 4.78 is 38.0. The Hall–Kier alpha value is -4.34. The highest BCUT2D eigenvalue weighted by molar-refractivity contribution is 6.12. The second-order valence-electron chi connectivity index (χ2n) is 10.0. The van der Waals surface area contributed by atoms with Crippen LogP contribution in [0.3, 0.4) is 0 Å². The minimum Gasteiger partial charge on any atom is -0.468 e. The first-order valence-electron chi connectivity index (χ1n) is 13.6. The number of hydrogen-bond donors (Lipinski definition) is 3. The standard InChI is InChI=1S/C28H32F2N6O7/c1-42-15-22-24(26(37)43-2)25(16-7-8-19(29)20(30)13-16)35(28(39)34-22)27(38)33-12-11-31-17-9-10-32-21(14-17)18-5-3-4-6-23(18)36(40)41/h3-8,13,17,21,24-25,31-32H,9-12,14-15H2,1-2H3,(H,33,38)/t17?,21?,24?,25-/m0/s1. The quantitative estimate of drug-likeness (QED) is 0.160. The number of aliphatic imine (C=N–C) groups is 1. The maximum Gasteiger partial charge on any atom is 0.352 e. The number of benzene rings is 2. The molecule has 0 aromatic heterocycles. The van der Waals surface area contributed by atoms with E-state index in [-0.39, 0.29) is 48.7 Å². The summed E-state index contributed by atoms with van der Waals surface area (Å²) in [6.45, 7) is 0.728. The molecule has 0 spiro atoms. The van der Waals surface area contributed by atoms with Crippen LogP contribution in [0, 0.1) is 27.7 Å². The molecule has 15 heteroatoms. The topological polar surface area (TPSA) is 164 Å². The zero-order chi connectivity index (χ0) is 31.1. The van der Waals surface area contributed by atoms with Crippen molar-refractivity contribution in [3.05, 3.63) is 75.3 Å². The monoisotopic (exact) mass is 602 g/mol. The van der Waals surface area contributed by atoms with Crippen LogP contribution in [0.25, 0.3) is 0 Å². The number of amides is 4. The summed E-state index contributed by atoms with van der Waals surface area (Å²) in [4.78, 5) is 54.8. The Balaban J connectivity index is 1.46. The highest BCUT2D eigenvalue weighted by atomic mass is 19.2. The van der Waals surface area contributed by atoms with Crippen molar-refractivity contribution in [3.63, 3.8) is 0 Å². The van der Waals surface area contributed by atoms with Gasteiger partial charge in [0.05, 0.1) is 30.4 Å². The minimum atomic E-state index is -1.39. The molecule has 13 nitrogen and oxygen atoms in total. The molecule has 3 unspecified atom stereocenters. The van der Waals surface area contributed by atoms with E-state index < -0.39 is 46.5 Å². The molecule has 0 aliphatic carbocycles. The third-order valence-corrected chi connectivity index (χ3v) is 7.40. The number of hydrogen-bond acceptors (Lipinski definition) is 9. The highest BCUT2D eigenvalue weighted by Gasteiger charge is 2.47. The van der Waals surface area contributed by atoms with Crippen molar-refractivity contribution in [2.24, 2.45) is 10.9 Å². The van der Waals surface area contributed by atoms with Gasteiger partial charge in [0.15, 0.2) is 11.6 Å². The SMILES string of the molecule is COCC1=NC(=O)N(C(=O)NCCNC2CCNC(c3ccccc3[N+](=O)[O-])C2)[C@@H](c2ccc(F)c(F)c2)C1C(=O)OC. The van der Waals surface area contributed by atoms with Gasteiger partial charge in [-0.3, -0.25) is 14.9 Å². The van der Waals surface area contributed by atoms with Crippen LogP contribution in [0.1, 0.15) is 36.1 Å². The smallest absolute Gasteiger partial charge is 0.352 e. The van der Waals surface area contributed by atoms with Crippen LogP contribution in [0.2, 0.25) is 0 Å². The number of esters is 1. The maximum absolute atomic E-state index is 14.2. The molecule has 2 aromatic carbocycles. The largest absolute Gasteiger partial charge is 0.468 e. The lowest BCUT2D eigenvalue weighted by Gasteiger charge is -2.37. The number of urea groups is 2. The number of nitro benzene ring substituents is 1. The number of carbonyl (C=O) groups is 3. The van der Waals surface area contributed by atoms with E-state index in [0.717, 1.165) is 25.7 Å². The van der Waals surface area contributed by atoms with E-state index in [1.165, 1.54) is 19.2 Å². The molecule has 3 N–H and O–H groups in total. The third-order valence-electron chi connectivity index (χ3n) is 7.40. The number of ether oxygens (including phenoxy) is 2. The molecular formula is C28H32F2N6O7. The van der Waals surface area contributed by atoms with Crippen molar-refractivity contribution in [2.75, 3.05) is 40.5 Å². The first-order valence-corrected chi connectivity index (χ1v) is 13.6. The van der Waals surface area contributed by atoms with Crippen molar-refractivity contribution in [1.82, 2.24) is 20.9 Å². The van der Waals surface area contributed by atoms with E-state index in [4.69, 9.17) is 9.47 Å². The van der Waals surface area contributed by atoms with Crippen LogP contribution < -0.4 is 16.0 Å². The summed E-state index contributed by atoms with van der Waals surface area (Å²) in [5.41, 5.74) is 0.582. The van der Waals surface area contributed by atoms with Gasteiger partial charge in [-0.2, -0.15) is 4.99 Å². The predicted molar refractivity (Wildman–Crippen MR) is 149 cm³/mol. The van der Waals surface area contributed by atoms with Gasteiger partial charge in [-0.1, -0.05) is 24.3 Å². The van der Waals surface area contributed by atoms with Crippen molar-refractivity contribution >= 4 is 29.4 Å². The molecule has 1 saturated heterocycles. The number of piperidine rings is 1. The van der Waals surface area contributed by atoms with Gasteiger partial charge in [0.25, 0.3) is 5.69 Å². The summed E-state index contributed by atoms with van der Waals surface area (Å²) in [7, 11) is 2.44. The Morgan fingerprint density at radius 2 is 1.93 bits per heavy atom. The van der Waals surface area contributed by atoms with Crippen molar-refractivity contribution in [2.45, 2.75) is 31.0 Å². The molecule has 230 valence electrons. The van der Waals surface area contributed by atoms with Gasteiger partial charge >= 0.3 is 18.0 Å². The van der Waals surface area contributed by atoms with E-state index >= 15 is 0 Å². The second kappa shape index (κ2) is 14.2. The van der Waals surface area contributed by atoms with Crippen LogP contribution in [0.5, 0.6) is 0 Å². The summed E-state index contributed by atoms with van der Waals surface area (Å²) in [6.07, 6.45) is 1.31. The van der Waals surface area contributed by atoms with E-state index in [1.54, 1.807) is 18.2 Å².